The molecule has 0 spiro atoms. The maximum Gasteiger partial charge on any atom is 0.184 e. The zero-order valence-corrected chi connectivity index (χ0v) is 32.9. The predicted octanol–water partition coefficient (Wildman–Crippen LogP) is 10.2. The first kappa shape index (κ1) is 33.6. The largest absolute Gasteiger partial charge is 0.327 e. The van der Waals surface area contributed by atoms with Crippen LogP contribution in [0.15, 0.2) is 188 Å². The van der Waals surface area contributed by atoms with Gasteiger partial charge in [-0.1, -0.05) is 133 Å². The van der Waals surface area contributed by atoms with Gasteiger partial charge in [-0.2, -0.15) is 0 Å². The molecule has 10 aromatic rings. The Balaban J connectivity index is 1.20. The fraction of sp³-hybridized carbons (Fsp3) is 0.0400. The zero-order valence-electron chi connectivity index (χ0n) is 31.1. The molecule has 0 bridgehead atoms. The van der Waals surface area contributed by atoms with Crippen molar-refractivity contribution in [2.75, 3.05) is 4.90 Å². The maximum absolute atomic E-state index is 17.5. The lowest BCUT2D eigenvalue weighted by Crippen LogP contribution is -2.77. The molecule has 1 aliphatic rings. The second-order valence-electron chi connectivity index (χ2n) is 14.7. The Morgan fingerprint density at radius 2 is 1.32 bits per heavy atom. The van der Waals surface area contributed by atoms with Crippen molar-refractivity contribution in [1.82, 2.24) is 14.5 Å². The number of hydrogen-bond donors (Lipinski definition) is 0. The van der Waals surface area contributed by atoms with Crippen molar-refractivity contribution < 1.29 is 4.39 Å². The Kier molecular flexibility index (Phi) is 7.81. The summed E-state index contributed by atoms with van der Waals surface area (Å²) in [5.41, 5.74) is 6.08. The third-order valence-electron chi connectivity index (χ3n) is 11.6. The van der Waals surface area contributed by atoms with Gasteiger partial charge in [0, 0.05) is 44.7 Å². The summed E-state index contributed by atoms with van der Waals surface area (Å²) in [7, 11) is -1.02. The SMILES string of the molecule is Cn1c(-c2cccc(C(F)c3ccc4c(c3)N(c3ccccn3)c3c(ccc5sc6ccccc6c35)[Si]4(c3ccccc3)c3ccccc3)c2)nc2ccccc21. The Bertz CT molecular complexity index is 3090. The zero-order chi connectivity index (χ0) is 38.1. The average Bonchev–Trinajstić information content (AvgIpc) is 3.83. The molecule has 1 atom stereocenters. The number of nitrogens with zero attached hydrogens (tertiary/aromatic N) is 4. The highest BCUT2D eigenvalue weighted by molar-refractivity contribution is 7.26. The first-order valence-corrected chi connectivity index (χ1v) is 22.0. The van der Waals surface area contributed by atoms with Crippen LogP contribution in [0.5, 0.6) is 0 Å². The number of pyridine rings is 1. The molecule has 0 fully saturated rings. The number of anilines is 3. The van der Waals surface area contributed by atoms with Crippen LogP contribution in [0.4, 0.5) is 21.6 Å². The molecule has 7 heteroatoms. The molecule has 4 nitrogen and oxygen atoms in total. The molecule has 272 valence electrons. The van der Waals surface area contributed by atoms with Crippen LogP contribution in [0.3, 0.4) is 0 Å². The van der Waals surface area contributed by atoms with Gasteiger partial charge in [-0.15, -0.1) is 11.3 Å². The first-order valence-electron chi connectivity index (χ1n) is 19.2. The summed E-state index contributed by atoms with van der Waals surface area (Å²) in [6.07, 6.45) is 0.460. The second-order valence-corrected chi connectivity index (χ2v) is 19.5. The molecule has 0 aliphatic carbocycles. The van der Waals surface area contributed by atoms with E-state index < -0.39 is 14.2 Å². The van der Waals surface area contributed by atoms with E-state index in [2.05, 4.69) is 131 Å². The van der Waals surface area contributed by atoms with Crippen molar-refractivity contribution in [3.63, 3.8) is 0 Å². The molecule has 57 heavy (non-hydrogen) atoms. The van der Waals surface area contributed by atoms with Gasteiger partial charge in [0.2, 0.25) is 0 Å². The van der Waals surface area contributed by atoms with Crippen molar-refractivity contribution in [3.05, 3.63) is 199 Å². The maximum atomic E-state index is 17.5. The molecule has 0 saturated heterocycles. The van der Waals surface area contributed by atoms with Crippen LogP contribution in [0.1, 0.15) is 17.3 Å². The molecule has 4 heterocycles. The van der Waals surface area contributed by atoms with Gasteiger partial charge in [-0.25, -0.2) is 14.4 Å². The van der Waals surface area contributed by atoms with Gasteiger partial charge >= 0.3 is 0 Å². The molecule has 11 rings (SSSR count). The molecule has 1 aliphatic heterocycles. The van der Waals surface area contributed by atoms with E-state index in [-0.39, 0.29) is 0 Å². The number of thiophene rings is 1. The molecule has 0 saturated carbocycles. The molecule has 0 radical (unpaired) electrons. The van der Waals surface area contributed by atoms with Gasteiger partial charge in [0.1, 0.15) is 11.6 Å². The molecule has 1 unspecified atom stereocenters. The van der Waals surface area contributed by atoms with Crippen LogP contribution in [-0.2, 0) is 7.05 Å². The van der Waals surface area contributed by atoms with Crippen molar-refractivity contribution in [1.29, 1.82) is 0 Å². The van der Waals surface area contributed by atoms with E-state index >= 15 is 4.39 Å². The summed E-state index contributed by atoms with van der Waals surface area (Å²) in [6, 6.07) is 63.6. The second kappa shape index (κ2) is 13.2. The number of imidazole rings is 1. The molecular weight excluding hydrogens is 736 g/mol. The Hall–Kier alpha value is -6.67. The van der Waals surface area contributed by atoms with Gasteiger partial charge < -0.3 is 4.57 Å². The van der Waals surface area contributed by atoms with E-state index in [0.717, 1.165) is 39.6 Å². The number of rotatable bonds is 6. The number of aryl methyl sites for hydroxylation is 1. The lowest BCUT2D eigenvalue weighted by Gasteiger charge is -2.45. The molecule has 7 aromatic carbocycles. The number of benzene rings is 7. The quantitative estimate of drug-likeness (QED) is 0.158. The summed E-state index contributed by atoms with van der Waals surface area (Å²) < 4.78 is 22.0. The van der Waals surface area contributed by atoms with Crippen LogP contribution in [-0.4, -0.2) is 22.6 Å². The highest BCUT2D eigenvalue weighted by Crippen LogP contribution is 2.47. The number of hydrogen-bond acceptors (Lipinski definition) is 4. The third kappa shape index (κ3) is 5.09. The Morgan fingerprint density at radius 3 is 2.09 bits per heavy atom. The highest BCUT2D eigenvalue weighted by Gasteiger charge is 2.50. The molecule has 3 aromatic heterocycles. The lowest BCUT2D eigenvalue weighted by molar-refractivity contribution is 0.402. The van der Waals surface area contributed by atoms with Gasteiger partial charge in [-0.3, -0.25) is 4.90 Å². The van der Waals surface area contributed by atoms with Crippen molar-refractivity contribution in [2.45, 2.75) is 6.17 Å². The van der Waals surface area contributed by atoms with E-state index in [0.29, 0.717) is 11.1 Å². The Morgan fingerprint density at radius 1 is 0.614 bits per heavy atom. The van der Waals surface area contributed by atoms with E-state index in [1.165, 1.54) is 40.9 Å². The van der Waals surface area contributed by atoms with Gasteiger partial charge in [0.25, 0.3) is 0 Å². The predicted molar refractivity (Wildman–Crippen MR) is 238 cm³/mol. The summed E-state index contributed by atoms with van der Waals surface area (Å²) in [6.45, 7) is 0. The standard InChI is InChI=1S/C50H35FN4SSi/c1-54-40-23-10-9-22-39(40)53-50(54)35-16-14-15-33(31-35)48(51)34-26-28-44-41(32-34)55(46-25-12-13-30-52-46)49-45(29-27-43-47(49)38-21-8-11-24-42(38)56-43)57(44,36-17-4-2-5-18-36)37-19-6-3-7-20-37/h2-32,48H,1H3. The van der Waals surface area contributed by atoms with E-state index in [1.807, 2.05) is 85.2 Å². The summed E-state index contributed by atoms with van der Waals surface area (Å²) in [4.78, 5) is 12.3. The van der Waals surface area contributed by atoms with Crippen LogP contribution in [0.25, 0.3) is 42.6 Å². The van der Waals surface area contributed by atoms with Crippen molar-refractivity contribution >= 4 is 88.6 Å². The molecule has 0 amide bonds. The number of aromatic nitrogens is 3. The average molecular weight is 771 g/mol. The monoisotopic (exact) mass is 770 g/mol. The highest BCUT2D eigenvalue weighted by atomic mass is 32.1. The minimum absolute atomic E-state index is 0.584. The molecular formula is C50H35FN4SSi. The smallest absolute Gasteiger partial charge is 0.184 e. The third-order valence-corrected chi connectivity index (χ3v) is 17.6. The number of para-hydroxylation sites is 2. The fourth-order valence-corrected chi connectivity index (χ4v) is 15.3. The first-order chi connectivity index (χ1) is 28.1. The summed E-state index contributed by atoms with van der Waals surface area (Å²) in [5.74, 6) is 1.60. The van der Waals surface area contributed by atoms with Crippen molar-refractivity contribution in [2.24, 2.45) is 7.05 Å². The summed E-state index contributed by atoms with van der Waals surface area (Å²) >= 11 is 1.81. The number of halogens is 1. The normalized spacial score (nSPS) is 13.8. The van der Waals surface area contributed by atoms with Gasteiger partial charge in [0.15, 0.2) is 14.2 Å². The van der Waals surface area contributed by atoms with Crippen LogP contribution >= 0.6 is 11.3 Å². The fourth-order valence-electron chi connectivity index (χ4n) is 9.13. The minimum atomic E-state index is -3.04. The minimum Gasteiger partial charge on any atom is -0.327 e. The van der Waals surface area contributed by atoms with Crippen LogP contribution in [0.2, 0.25) is 0 Å². The number of fused-ring (bicyclic) bond motifs is 7. The lowest BCUT2D eigenvalue weighted by atomic mass is 9.99. The number of alkyl halides is 1. The van der Waals surface area contributed by atoms with Crippen LogP contribution in [0, 0.1) is 0 Å². The van der Waals surface area contributed by atoms with E-state index in [1.54, 1.807) is 0 Å². The Labute approximate surface area is 334 Å². The summed E-state index contributed by atoms with van der Waals surface area (Å²) in [5, 5.41) is 7.44. The van der Waals surface area contributed by atoms with Gasteiger partial charge in [0.05, 0.1) is 16.7 Å². The van der Waals surface area contributed by atoms with Crippen molar-refractivity contribution in [3.8, 4) is 11.4 Å². The van der Waals surface area contributed by atoms with E-state index in [4.69, 9.17) is 9.97 Å². The topological polar surface area (TPSA) is 34.0 Å². The van der Waals surface area contributed by atoms with Crippen LogP contribution < -0.4 is 25.6 Å². The van der Waals surface area contributed by atoms with E-state index in [9.17, 15) is 0 Å². The molecule has 0 N–H and O–H groups in total. The van der Waals surface area contributed by atoms with Gasteiger partial charge in [-0.05, 0) is 80.4 Å².